The number of hydrogen-bond donors (Lipinski definition) is 4. The second-order valence-electron chi connectivity index (χ2n) is 4.91. The monoisotopic (exact) mass is 298 g/mol. The third-order valence-electron chi connectivity index (χ3n) is 3.22. The van der Waals surface area contributed by atoms with Crippen LogP contribution in [-0.2, 0) is 11.2 Å². The first-order chi connectivity index (χ1) is 9.33. The van der Waals surface area contributed by atoms with E-state index in [1.165, 1.54) is 6.92 Å². The SMILES string of the molecule is CC(=N)[P+](O)(O)CC(CCCc1ccccc1)C(=O)O. The molecule has 0 radical (unpaired) electrons. The largest absolute Gasteiger partial charge is 0.481 e. The van der Waals surface area contributed by atoms with Crippen molar-refractivity contribution < 1.29 is 19.7 Å². The van der Waals surface area contributed by atoms with E-state index in [1.54, 1.807) is 0 Å². The van der Waals surface area contributed by atoms with Gasteiger partial charge in [0.25, 0.3) is 0 Å². The highest BCUT2D eigenvalue weighted by molar-refractivity contribution is 7.81. The molecule has 1 unspecified atom stereocenters. The van der Waals surface area contributed by atoms with Crippen molar-refractivity contribution >= 4 is 19.1 Å². The minimum atomic E-state index is -3.53. The van der Waals surface area contributed by atoms with E-state index in [0.717, 1.165) is 12.0 Å². The molecule has 0 aliphatic carbocycles. The molecular weight excluding hydrogens is 277 g/mol. The Morgan fingerprint density at radius 2 is 1.90 bits per heavy atom. The molecule has 1 atom stereocenters. The van der Waals surface area contributed by atoms with E-state index in [1.807, 2.05) is 30.3 Å². The van der Waals surface area contributed by atoms with Crippen molar-refractivity contribution in [3.63, 3.8) is 0 Å². The van der Waals surface area contributed by atoms with Crippen molar-refractivity contribution in [2.45, 2.75) is 26.2 Å². The average molecular weight is 298 g/mol. The van der Waals surface area contributed by atoms with E-state index in [0.29, 0.717) is 12.8 Å². The third-order valence-corrected chi connectivity index (χ3v) is 5.25. The van der Waals surface area contributed by atoms with Crippen molar-refractivity contribution in [1.82, 2.24) is 0 Å². The topological polar surface area (TPSA) is 102 Å². The molecular formula is C14H21NO4P+. The fourth-order valence-electron chi connectivity index (χ4n) is 1.93. The van der Waals surface area contributed by atoms with Crippen molar-refractivity contribution in [2.24, 2.45) is 5.92 Å². The van der Waals surface area contributed by atoms with Crippen LogP contribution in [0.3, 0.4) is 0 Å². The molecule has 110 valence electrons. The number of carboxylic acids is 1. The van der Waals surface area contributed by atoms with Gasteiger partial charge in [-0.1, -0.05) is 30.3 Å². The molecule has 1 aromatic carbocycles. The van der Waals surface area contributed by atoms with E-state index >= 15 is 0 Å². The van der Waals surface area contributed by atoms with Crippen molar-refractivity contribution in [1.29, 1.82) is 5.41 Å². The lowest BCUT2D eigenvalue weighted by atomic mass is 10.0. The Balaban J connectivity index is 2.52. The summed E-state index contributed by atoms with van der Waals surface area (Å²) in [5, 5.41) is 16.4. The highest BCUT2D eigenvalue weighted by Crippen LogP contribution is 2.52. The Bertz CT molecular complexity index is 462. The number of hydrogen-bond acceptors (Lipinski definition) is 4. The molecule has 20 heavy (non-hydrogen) atoms. The fraction of sp³-hybridized carbons (Fsp3) is 0.429. The van der Waals surface area contributed by atoms with E-state index in [2.05, 4.69) is 0 Å². The molecule has 0 aliphatic rings. The van der Waals surface area contributed by atoms with Gasteiger partial charge < -0.3 is 5.11 Å². The highest BCUT2D eigenvalue weighted by atomic mass is 31.2. The summed E-state index contributed by atoms with van der Waals surface area (Å²) in [5.74, 6) is -1.85. The molecule has 0 aliphatic heterocycles. The van der Waals surface area contributed by atoms with Gasteiger partial charge in [-0.05, 0) is 24.8 Å². The summed E-state index contributed by atoms with van der Waals surface area (Å²) in [5.41, 5.74) is 0.903. The molecule has 0 saturated heterocycles. The van der Waals surface area contributed by atoms with Gasteiger partial charge in [0.05, 0.1) is 5.92 Å². The summed E-state index contributed by atoms with van der Waals surface area (Å²) in [6.45, 7) is 1.30. The van der Waals surface area contributed by atoms with Crippen LogP contribution in [0.1, 0.15) is 25.3 Å². The second kappa shape index (κ2) is 7.48. The highest BCUT2D eigenvalue weighted by Gasteiger charge is 2.42. The molecule has 0 heterocycles. The Hall–Kier alpha value is -1.29. The molecule has 0 bridgehead atoms. The van der Waals surface area contributed by atoms with Gasteiger partial charge in [0.2, 0.25) is 5.45 Å². The number of aryl methyl sites for hydroxylation is 1. The minimum absolute atomic E-state index is 0.230. The zero-order chi connectivity index (χ0) is 15.2. The van der Waals surface area contributed by atoms with Crippen LogP contribution in [0.5, 0.6) is 0 Å². The Kier molecular flexibility index (Phi) is 6.27. The van der Waals surface area contributed by atoms with Crippen LogP contribution in [-0.4, -0.2) is 32.5 Å². The summed E-state index contributed by atoms with van der Waals surface area (Å²) in [4.78, 5) is 30.6. The van der Waals surface area contributed by atoms with Crippen molar-refractivity contribution in [3.8, 4) is 0 Å². The molecule has 1 aromatic rings. The number of aliphatic carboxylic acids is 1. The van der Waals surface area contributed by atoms with Gasteiger partial charge in [0, 0.05) is 6.92 Å². The van der Waals surface area contributed by atoms with Crippen LogP contribution < -0.4 is 0 Å². The molecule has 5 nitrogen and oxygen atoms in total. The maximum Gasteiger partial charge on any atom is 0.314 e. The molecule has 0 amide bonds. The normalized spacial score (nSPS) is 12.9. The van der Waals surface area contributed by atoms with Gasteiger partial charge in [-0.3, -0.25) is 10.2 Å². The molecule has 1 rings (SSSR count). The van der Waals surface area contributed by atoms with Crippen molar-refractivity contribution in [3.05, 3.63) is 35.9 Å². The van der Waals surface area contributed by atoms with Gasteiger partial charge in [-0.2, -0.15) is 0 Å². The van der Waals surface area contributed by atoms with E-state index in [4.69, 9.17) is 10.5 Å². The smallest absolute Gasteiger partial charge is 0.314 e. The van der Waals surface area contributed by atoms with Crippen LogP contribution >= 0.6 is 7.72 Å². The zero-order valence-electron chi connectivity index (χ0n) is 11.5. The first kappa shape index (κ1) is 16.8. The molecule has 0 aromatic heterocycles. The first-order valence-electron chi connectivity index (χ1n) is 6.49. The number of nitrogens with one attached hydrogen (secondary N) is 1. The minimum Gasteiger partial charge on any atom is -0.481 e. The average Bonchev–Trinajstić information content (AvgIpc) is 2.38. The first-order valence-corrected chi connectivity index (χ1v) is 8.37. The third kappa shape index (κ3) is 5.37. The summed E-state index contributed by atoms with van der Waals surface area (Å²) >= 11 is 0. The quantitative estimate of drug-likeness (QED) is 0.437. The van der Waals surface area contributed by atoms with Crippen LogP contribution in [0.25, 0.3) is 0 Å². The maximum atomic E-state index is 11.2. The lowest BCUT2D eigenvalue weighted by molar-refractivity contribution is -0.141. The number of rotatable bonds is 8. The zero-order valence-corrected chi connectivity index (χ0v) is 12.4. The Morgan fingerprint density at radius 3 is 2.40 bits per heavy atom. The van der Waals surface area contributed by atoms with Gasteiger partial charge >= 0.3 is 13.7 Å². The molecule has 6 heteroatoms. The van der Waals surface area contributed by atoms with Gasteiger partial charge in [0.15, 0.2) is 0 Å². The van der Waals surface area contributed by atoms with Gasteiger partial charge in [-0.15, -0.1) is 0 Å². The van der Waals surface area contributed by atoms with Crippen LogP contribution in [0, 0.1) is 11.3 Å². The predicted molar refractivity (Wildman–Crippen MR) is 80.1 cm³/mol. The van der Waals surface area contributed by atoms with Crippen LogP contribution in [0.2, 0.25) is 0 Å². The summed E-state index contributed by atoms with van der Waals surface area (Å²) in [6, 6.07) is 9.74. The molecule has 4 N–H and O–H groups in total. The summed E-state index contributed by atoms with van der Waals surface area (Å²) in [7, 11) is -3.53. The predicted octanol–water partition coefficient (Wildman–Crippen LogP) is 2.54. The van der Waals surface area contributed by atoms with Crippen molar-refractivity contribution in [2.75, 3.05) is 6.16 Å². The van der Waals surface area contributed by atoms with E-state index in [9.17, 15) is 14.6 Å². The molecule has 0 spiro atoms. The number of carboxylic acid groups (broad SMARTS) is 1. The molecule has 0 saturated carbocycles. The Morgan fingerprint density at radius 1 is 1.30 bits per heavy atom. The second-order valence-corrected chi connectivity index (χ2v) is 7.41. The van der Waals surface area contributed by atoms with E-state index in [-0.39, 0.29) is 11.6 Å². The van der Waals surface area contributed by atoms with Crippen LogP contribution in [0.4, 0.5) is 0 Å². The van der Waals surface area contributed by atoms with Gasteiger partial charge in [0.1, 0.15) is 6.16 Å². The Labute approximate surface area is 119 Å². The fourth-order valence-corrected chi connectivity index (χ4v) is 3.16. The summed E-state index contributed by atoms with van der Waals surface area (Å²) < 4.78 is 0. The lowest BCUT2D eigenvalue weighted by Crippen LogP contribution is -2.22. The number of carbonyl (C=O) groups is 1. The standard InChI is InChI=1S/C14H20NO4P/c1-11(15)20(18,19)10-13(14(16)17)9-5-8-12-6-3-2-4-7-12/h2-4,6-7,13,15,18-19H,5,8-10H2,1H3/p+1. The van der Waals surface area contributed by atoms with Gasteiger partial charge in [-0.25, -0.2) is 9.79 Å². The number of benzene rings is 1. The lowest BCUT2D eigenvalue weighted by Gasteiger charge is -2.16. The van der Waals surface area contributed by atoms with Crippen LogP contribution in [0.15, 0.2) is 30.3 Å². The summed E-state index contributed by atoms with van der Waals surface area (Å²) in [6.07, 6.45) is 1.56. The maximum absolute atomic E-state index is 11.2. The van der Waals surface area contributed by atoms with E-state index < -0.39 is 19.6 Å². The molecule has 0 fully saturated rings.